The predicted octanol–water partition coefficient (Wildman–Crippen LogP) is 2.87. The number of carbonyl (C=O) groups is 3. The van der Waals surface area contributed by atoms with Crippen molar-refractivity contribution in [3.63, 3.8) is 0 Å². The first-order valence-electron chi connectivity index (χ1n) is 9.52. The number of imide groups is 1. The van der Waals surface area contributed by atoms with Crippen LogP contribution in [0.5, 0.6) is 0 Å². The van der Waals surface area contributed by atoms with E-state index in [0.717, 1.165) is 12.8 Å². The number of carbonyl (C=O) groups excluding carboxylic acids is 3. The number of rotatable bonds is 4. The molecule has 1 saturated heterocycles. The summed E-state index contributed by atoms with van der Waals surface area (Å²) >= 11 is 0. The van der Waals surface area contributed by atoms with E-state index in [-0.39, 0.29) is 41.4 Å². The van der Waals surface area contributed by atoms with Gasteiger partial charge in [0.15, 0.2) is 0 Å². The number of allylic oxidation sites excluding steroid dienone is 2. The number of hydrogen-bond acceptors (Lipinski definition) is 3. The Hall–Kier alpha value is -2.43. The van der Waals surface area contributed by atoms with Gasteiger partial charge in [0, 0.05) is 18.7 Å². The molecule has 1 aromatic carbocycles. The van der Waals surface area contributed by atoms with Crippen molar-refractivity contribution in [3.05, 3.63) is 42.0 Å². The number of amides is 3. The van der Waals surface area contributed by atoms with E-state index in [1.807, 2.05) is 13.8 Å². The fraction of sp³-hybridized carbons (Fsp3) is 0.476. The van der Waals surface area contributed by atoms with Crippen LogP contribution in [-0.2, 0) is 9.59 Å². The fourth-order valence-corrected chi connectivity index (χ4v) is 4.78. The van der Waals surface area contributed by atoms with Crippen molar-refractivity contribution in [1.82, 2.24) is 4.90 Å². The molecule has 4 atom stereocenters. The number of anilines is 1. The minimum absolute atomic E-state index is 0.0310. The van der Waals surface area contributed by atoms with Crippen LogP contribution in [0, 0.1) is 23.7 Å². The first-order valence-corrected chi connectivity index (χ1v) is 9.52. The Labute approximate surface area is 153 Å². The van der Waals surface area contributed by atoms with E-state index in [0.29, 0.717) is 24.3 Å². The van der Waals surface area contributed by atoms with E-state index in [2.05, 4.69) is 12.2 Å². The Morgan fingerprint density at radius 2 is 1.46 bits per heavy atom. The summed E-state index contributed by atoms with van der Waals surface area (Å²) in [6.07, 6.45) is 6.23. The van der Waals surface area contributed by atoms with Gasteiger partial charge in [-0.25, -0.2) is 0 Å². The van der Waals surface area contributed by atoms with Crippen LogP contribution in [-0.4, -0.2) is 35.7 Å². The molecule has 0 radical (unpaired) electrons. The van der Waals surface area contributed by atoms with E-state index in [9.17, 15) is 14.4 Å². The highest BCUT2D eigenvalue weighted by molar-refractivity contribution is 6.22. The quantitative estimate of drug-likeness (QED) is 0.618. The number of nitrogens with zero attached hydrogens (tertiary/aromatic N) is 2. The maximum absolute atomic E-state index is 13.0. The SMILES string of the molecule is CCN(CC)C(=O)c1ccc(N2C(=O)C3C4C=CC(CC4)C3C2=O)cc1. The van der Waals surface area contributed by atoms with Crippen LogP contribution in [0.4, 0.5) is 5.69 Å². The molecule has 1 heterocycles. The predicted molar refractivity (Wildman–Crippen MR) is 98.5 cm³/mol. The van der Waals surface area contributed by atoms with Gasteiger partial charge < -0.3 is 4.90 Å². The van der Waals surface area contributed by atoms with Crippen LogP contribution in [0.2, 0.25) is 0 Å². The second kappa shape index (κ2) is 6.38. The maximum atomic E-state index is 13.0. The Balaban J connectivity index is 1.60. The Kier molecular flexibility index (Phi) is 4.17. The summed E-state index contributed by atoms with van der Waals surface area (Å²) in [4.78, 5) is 41.4. The topological polar surface area (TPSA) is 57.7 Å². The van der Waals surface area contributed by atoms with Gasteiger partial charge in [0.05, 0.1) is 17.5 Å². The molecule has 0 N–H and O–H groups in total. The van der Waals surface area contributed by atoms with Crippen LogP contribution in [0.25, 0.3) is 0 Å². The molecule has 2 bridgehead atoms. The molecule has 1 aromatic rings. The summed E-state index contributed by atoms with van der Waals surface area (Å²) in [5.41, 5.74) is 1.15. The molecule has 1 aliphatic heterocycles. The maximum Gasteiger partial charge on any atom is 0.253 e. The zero-order chi connectivity index (χ0) is 18.4. The third-order valence-electron chi connectivity index (χ3n) is 6.18. The minimum atomic E-state index is -0.205. The van der Waals surface area contributed by atoms with Crippen LogP contribution >= 0.6 is 0 Å². The number of fused-ring (bicyclic) bond motifs is 1. The lowest BCUT2D eigenvalue weighted by Gasteiger charge is -2.38. The van der Waals surface area contributed by atoms with Gasteiger partial charge in [-0.2, -0.15) is 0 Å². The van der Waals surface area contributed by atoms with Crippen molar-refractivity contribution >= 4 is 23.4 Å². The molecule has 5 nitrogen and oxygen atoms in total. The standard InChI is InChI=1S/C21H24N2O3/c1-3-22(4-2)19(24)15-9-11-16(12-10-15)23-20(25)17-13-5-6-14(8-7-13)18(17)21(23)26/h5-6,9-14,17-18H,3-4,7-8H2,1-2H3. The van der Waals surface area contributed by atoms with Crippen LogP contribution in [0.15, 0.2) is 36.4 Å². The van der Waals surface area contributed by atoms with Crippen LogP contribution in [0.1, 0.15) is 37.0 Å². The lowest BCUT2D eigenvalue weighted by molar-refractivity contribution is -0.124. The lowest BCUT2D eigenvalue weighted by Crippen LogP contribution is -2.38. The summed E-state index contributed by atoms with van der Waals surface area (Å²) in [5, 5.41) is 0. The molecule has 3 amide bonds. The molecule has 3 aliphatic carbocycles. The summed E-state index contributed by atoms with van der Waals surface area (Å²) in [6, 6.07) is 6.87. The van der Waals surface area contributed by atoms with E-state index in [1.54, 1.807) is 29.2 Å². The number of hydrogen-bond donors (Lipinski definition) is 0. The largest absolute Gasteiger partial charge is 0.339 e. The Bertz CT molecular complexity index is 747. The van der Waals surface area contributed by atoms with Gasteiger partial charge in [-0.3, -0.25) is 19.3 Å². The molecule has 0 spiro atoms. The van der Waals surface area contributed by atoms with Gasteiger partial charge >= 0.3 is 0 Å². The van der Waals surface area contributed by atoms with Crippen LogP contribution < -0.4 is 4.90 Å². The third kappa shape index (κ3) is 2.41. The molecule has 5 heteroatoms. The molecule has 4 unspecified atom stereocenters. The summed E-state index contributed by atoms with van der Waals surface area (Å²) in [5.74, 6) is -0.225. The summed E-state index contributed by atoms with van der Waals surface area (Å²) in [7, 11) is 0. The molecule has 1 saturated carbocycles. The zero-order valence-corrected chi connectivity index (χ0v) is 15.2. The minimum Gasteiger partial charge on any atom is -0.339 e. The lowest BCUT2D eigenvalue weighted by atomic mass is 9.63. The van der Waals surface area contributed by atoms with Crippen molar-refractivity contribution in [2.24, 2.45) is 23.7 Å². The average molecular weight is 352 g/mol. The third-order valence-corrected chi connectivity index (χ3v) is 6.18. The van der Waals surface area contributed by atoms with Gasteiger partial charge in [0.25, 0.3) is 5.91 Å². The van der Waals surface area contributed by atoms with Crippen LogP contribution in [0.3, 0.4) is 0 Å². The van der Waals surface area contributed by atoms with Gasteiger partial charge in [0.1, 0.15) is 0 Å². The highest BCUT2D eigenvalue weighted by Gasteiger charge is 2.56. The normalized spacial score (nSPS) is 29.2. The Morgan fingerprint density at radius 1 is 0.962 bits per heavy atom. The first kappa shape index (κ1) is 17.0. The van der Waals surface area contributed by atoms with Crippen molar-refractivity contribution < 1.29 is 14.4 Å². The molecule has 4 aliphatic rings. The average Bonchev–Trinajstić information content (AvgIpc) is 2.97. The van der Waals surface area contributed by atoms with Crippen molar-refractivity contribution in [1.29, 1.82) is 0 Å². The van der Waals surface area contributed by atoms with E-state index < -0.39 is 0 Å². The molecule has 136 valence electrons. The summed E-state index contributed by atoms with van der Waals surface area (Å²) < 4.78 is 0. The zero-order valence-electron chi connectivity index (χ0n) is 15.2. The molecular formula is C21H24N2O3. The number of benzene rings is 1. The Morgan fingerprint density at radius 3 is 1.88 bits per heavy atom. The molecule has 2 fully saturated rings. The smallest absolute Gasteiger partial charge is 0.253 e. The van der Waals surface area contributed by atoms with Gasteiger partial charge in [-0.05, 0) is 62.8 Å². The summed E-state index contributed by atoms with van der Waals surface area (Å²) in [6.45, 7) is 5.20. The fourth-order valence-electron chi connectivity index (χ4n) is 4.78. The van der Waals surface area contributed by atoms with Gasteiger partial charge in [0.2, 0.25) is 11.8 Å². The molecule has 0 aromatic heterocycles. The molecule has 5 rings (SSSR count). The monoisotopic (exact) mass is 352 g/mol. The van der Waals surface area contributed by atoms with E-state index >= 15 is 0 Å². The van der Waals surface area contributed by atoms with E-state index in [1.165, 1.54) is 4.90 Å². The van der Waals surface area contributed by atoms with Crippen molar-refractivity contribution in [3.8, 4) is 0 Å². The molecular weight excluding hydrogens is 328 g/mol. The highest BCUT2D eigenvalue weighted by Crippen LogP contribution is 2.50. The van der Waals surface area contributed by atoms with Crippen molar-refractivity contribution in [2.75, 3.05) is 18.0 Å². The second-order valence-corrected chi connectivity index (χ2v) is 7.38. The van der Waals surface area contributed by atoms with Gasteiger partial charge in [-0.1, -0.05) is 12.2 Å². The van der Waals surface area contributed by atoms with Crippen molar-refractivity contribution in [2.45, 2.75) is 26.7 Å². The highest BCUT2D eigenvalue weighted by atomic mass is 16.2. The first-order chi connectivity index (χ1) is 12.6. The van der Waals surface area contributed by atoms with E-state index in [4.69, 9.17) is 0 Å². The van der Waals surface area contributed by atoms with Gasteiger partial charge in [-0.15, -0.1) is 0 Å². The second-order valence-electron chi connectivity index (χ2n) is 7.38. The molecule has 26 heavy (non-hydrogen) atoms.